The van der Waals surface area contributed by atoms with Gasteiger partial charge in [0.25, 0.3) is 18.2 Å². The van der Waals surface area contributed by atoms with Crippen LogP contribution in [-0.4, -0.2) is 72.9 Å². The lowest BCUT2D eigenvalue weighted by Crippen LogP contribution is -2.35. The van der Waals surface area contributed by atoms with Crippen LogP contribution >= 0.6 is 0 Å². The first-order chi connectivity index (χ1) is 17.8. The van der Waals surface area contributed by atoms with Crippen LogP contribution in [0.25, 0.3) is 22.8 Å². The first-order valence-corrected chi connectivity index (χ1v) is 11.2. The van der Waals surface area contributed by atoms with Crippen LogP contribution in [0, 0.1) is 0 Å². The molecule has 1 atom stereocenters. The molecule has 4 aromatic rings. The van der Waals surface area contributed by atoms with Crippen LogP contribution in [0.1, 0.15) is 12.2 Å². The fraction of sp³-hybridized carbons (Fsp3) is 0.304. The molecule has 1 saturated heterocycles. The summed E-state index contributed by atoms with van der Waals surface area (Å²) in [5.41, 5.74) is 0.308. The van der Waals surface area contributed by atoms with Crippen molar-refractivity contribution in [1.29, 1.82) is 0 Å². The monoisotopic (exact) mass is 512 g/mol. The molecule has 14 heteroatoms. The van der Waals surface area contributed by atoms with Crippen molar-refractivity contribution in [3.63, 3.8) is 0 Å². The van der Waals surface area contributed by atoms with Gasteiger partial charge in [0.15, 0.2) is 5.76 Å². The van der Waals surface area contributed by atoms with Gasteiger partial charge >= 0.3 is 0 Å². The zero-order valence-electron chi connectivity index (χ0n) is 19.8. The Hall–Kier alpha value is -4.46. The largest absolute Gasteiger partial charge is 0.478 e. The molecule has 1 aliphatic rings. The molecule has 0 bridgehead atoms. The van der Waals surface area contributed by atoms with Gasteiger partial charge in [-0.3, -0.25) is 9.48 Å². The number of hydrogen-bond donors (Lipinski definition) is 2. The standard InChI is InChI=1S/C23H22F2N8O4/c1-32-9-7-23(35,21(32)34)18-10-16(31-37-18)14-5-3-4-13(27-14)15-6-8-26-22(28-15)29-17-11-33(12-19(24)25)30-20(17)36-2/h3-6,8,10-11,19,35H,7,9,12H2,1-2H3,(H,26,28,29). The fourth-order valence-corrected chi connectivity index (χ4v) is 3.95. The first-order valence-electron chi connectivity index (χ1n) is 11.2. The van der Waals surface area contributed by atoms with Gasteiger partial charge in [-0.15, -0.1) is 5.10 Å². The summed E-state index contributed by atoms with van der Waals surface area (Å²) in [6.45, 7) is -0.177. The Labute approximate surface area is 208 Å². The molecule has 4 aromatic heterocycles. The number of rotatable bonds is 8. The van der Waals surface area contributed by atoms with E-state index in [1.54, 1.807) is 31.3 Å². The van der Waals surface area contributed by atoms with Gasteiger partial charge in [0, 0.05) is 32.3 Å². The average molecular weight is 512 g/mol. The molecule has 1 amide bonds. The second-order valence-electron chi connectivity index (χ2n) is 8.38. The Balaban J connectivity index is 1.39. The van der Waals surface area contributed by atoms with E-state index in [0.29, 0.717) is 35.0 Å². The van der Waals surface area contributed by atoms with Crippen LogP contribution in [0.15, 0.2) is 47.2 Å². The highest BCUT2D eigenvalue weighted by Gasteiger charge is 2.48. The van der Waals surface area contributed by atoms with Crippen molar-refractivity contribution in [2.45, 2.75) is 25.0 Å². The lowest BCUT2D eigenvalue weighted by molar-refractivity contribution is -0.144. The number of methoxy groups -OCH3 is 1. The maximum Gasteiger partial charge on any atom is 0.262 e. The van der Waals surface area contributed by atoms with E-state index in [9.17, 15) is 18.7 Å². The van der Waals surface area contributed by atoms with E-state index < -0.39 is 24.5 Å². The number of aromatic nitrogens is 6. The van der Waals surface area contributed by atoms with Gasteiger partial charge in [-0.1, -0.05) is 11.2 Å². The van der Waals surface area contributed by atoms with Gasteiger partial charge in [0.05, 0.1) is 30.4 Å². The molecule has 5 rings (SSSR count). The average Bonchev–Trinajstić information content (AvgIpc) is 3.60. The van der Waals surface area contributed by atoms with Crippen molar-refractivity contribution in [3.8, 4) is 28.7 Å². The van der Waals surface area contributed by atoms with Crippen molar-refractivity contribution in [2.75, 3.05) is 26.0 Å². The molecule has 0 aromatic carbocycles. The number of carbonyl (C=O) groups is 1. The number of likely N-dealkylation sites (N-methyl/N-ethyl adjacent to an activating group) is 1. The van der Waals surface area contributed by atoms with Crippen molar-refractivity contribution < 1.29 is 27.9 Å². The molecule has 0 spiro atoms. The summed E-state index contributed by atoms with van der Waals surface area (Å²) in [5.74, 6) is -0.104. The van der Waals surface area contributed by atoms with E-state index in [4.69, 9.17) is 9.26 Å². The number of amides is 1. The van der Waals surface area contributed by atoms with E-state index >= 15 is 0 Å². The van der Waals surface area contributed by atoms with Crippen LogP contribution in [-0.2, 0) is 16.9 Å². The van der Waals surface area contributed by atoms with Crippen molar-refractivity contribution in [3.05, 3.63) is 48.5 Å². The minimum atomic E-state index is -2.57. The molecule has 37 heavy (non-hydrogen) atoms. The molecular formula is C23H22F2N8O4. The van der Waals surface area contributed by atoms with Gasteiger partial charge in [-0.2, -0.15) is 0 Å². The molecule has 0 aliphatic carbocycles. The number of hydrogen-bond acceptors (Lipinski definition) is 10. The number of anilines is 2. The van der Waals surface area contributed by atoms with Gasteiger partial charge in [0.2, 0.25) is 11.5 Å². The smallest absolute Gasteiger partial charge is 0.262 e. The minimum absolute atomic E-state index is 0.0545. The fourth-order valence-electron chi connectivity index (χ4n) is 3.95. The summed E-state index contributed by atoms with van der Waals surface area (Å²) in [6, 6.07) is 8.35. The molecule has 0 radical (unpaired) electrons. The predicted octanol–water partition coefficient (Wildman–Crippen LogP) is 2.46. The van der Waals surface area contributed by atoms with Gasteiger partial charge in [-0.25, -0.2) is 23.7 Å². The maximum atomic E-state index is 12.7. The Morgan fingerprint density at radius 2 is 1.97 bits per heavy atom. The maximum absolute atomic E-state index is 12.7. The number of nitrogens with zero attached hydrogens (tertiary/aromatic N) is 7. The normalized spacial score (nSPS) is 17.6. The van der Waals surface area contributed by atoms with Crippen LogP contribution in [0.3, 0.4) is 0 Å². The zero-order chi connectivity index (χ0) is 26.2. The highest BCUT2D eigenvalue weighted by atomic mass is 19.3. The van der Waals surface area contributed by atoms with E-state index in [2.05, 4.69) is 30.5 Å². The first kappa shape index (κ1) is 24.2. The summed E-state index contributed by atoms with van der Waals surface area (Å²) < 4.78 is 37.0. The van der Waals surface area contributed by atoms with Crippen LogP contribution in [0.5, 0.6) is 5.88 Å². The Kier molecular flexibility index (Phi) is 6.25. The van der Waals surface area contributed by atoms with Crippen molar-refractivity contribution in [2.24, 2.45) is 0 Å². The third kappa shape index (κ3) is 4.70. The summed E-state index contributed by atoms with van der Waals surface area (Å²) >= 11 is 0. The SMILES string of the molecule is COc1nn(CC(F)F)cc1Nc1nccc(-c2cccc(-c3cc(C4(O)CCN(C)C4=O)on3)n2)n1. The summed E-state index contributed by atoms with van der Waals surface area (Å²) in [6.07, 6.45) is 0.524. The van der Waals surface area contributed by atoms with E-state index in [1.165, 1.54) is 30.5 Å². The Morgan fingerprint density at radius 1 is 1.22 bits per heavy atom. The van der Waals surface area contributed by atoms with Crippen molar-refractivity contribution in [1.82, 2.24) is 34.8 Å². The number of alkyl halides is 2. The number of nitrogens with one attached hydrogen (secondary N) is 1. The molecule has 192 valence electrons. The molecule has 12 nitrogen and oxygen atoms in total. The molecule has 1 fully saturated rings. The number of ether oxygens (including phenoxy) is 1. The third-order valence-corrected chi connectivity index (χ3v) is 5.85. The summed E-state index contributed by atoms with van der Waals surface area (Å²) in [4.78, 5) is 27.0. The number of likely N-dealkylation sites (tertiary alicyclic amines) is 1. The Bertz CT molecular complexity index is 1440. The molecule has 1 aliphatic heterocycles. The van der Waals surface area contributed by atoms with Gasteiger partial charge in [-0.05, 0) is 18.2 Å². The summed E-state index contributed by atoms with van der Waals surface area (Å²) in [7, 11) is 2.99. The number of aliphatic hydroxyl groups is 1. The van der Waals surface area contributed by atoms with Crippen LogP contribution in [0.2, 0.25) is 0 Å². The number of carbonyl (C=O) groups excluding carboxylic acids is 1. The lowest BCUT2D eigenvalue weighted by atomic mass is 9.98. The van der Waals surface area contributed by atoms with Crippen molar-refractivity contribution >= 4 is 17.5 Å². The second-order valence-corrected chi connectivity index (χ2v) is 8.38. The Morgan fingerprint density at radius 3 is 2.68 bits per heavy atom. The van der Waals surface area contributed by atoms with Crippen LogP contribution in [0.4, 0.5) is 20.4 Å². The highest BCUT2D eigenvalue weighted by Crippen LogP contribution is 2.34. The van der Waals surface area contributed by atoms with Gasteiger partial charge < -0.3 is 24.6 Å². The lowest BCUT2D eigenvalue weighted by Gasteiger charge is -2.16. The topological polar surface area (TPSA) is 144 Å². The van der Waals surface area contributed by atoms with E-state index in [1.807, 2.05) is 0 Å². The molecule has 2 N–H and O–H groups in total. The molecular weight excluding hydrogens is 490 g/mol. The third-order valence-electron chi connectivity index (χ3n) is 5.85. The van der Waals surface area contributed by atoms with Crippen LogP contribution < -0.4 is 10.1 Å². The summed E-state index contributed by atoms with van der Waals surface area (Å²) in [5, 5.41) is 21.7. The number of pyridine rings is 1. The highest BCUT2D eigenvalue weighted by molar-refractivity contribution is 5.87. The van der Waals surface area contributed by atoms with E-state index in [0.717, 1.165) is 4.68 Å². The second kappa shape index (κ2) is 9.54. The predicted molar refractivity (Wildman–Crippen MR) is 125 cm³/mol. The zero-order valence-corrected chi connectivity index (χ0v) is 19.8. The molecule has 5 heterocycles. The number of halogens is 2. The van der Waals surface area contributed by atoms with E-state index in [-0.39, 0.29) is 24.0 Å². The van der Waals surface area contributed by atoms with Gasteiger partial charge in [0.1, 0.15) is 17.9 Å². The minimum Gasteiger partial charge on any atom is -0.478 e. The molecule has 0 saturated carbocycles. The molecule has 1 unspecified atom stereocenters. The quantitative estimate of drug-likeness (QED) is 0.361.